The number of anilines is 1. The lowest BCUT2D eigenvalue weighted by Crippen LogP contribution is -2.36. The van der Waals surface area contributed by atoms with E-state index in [1.807, 2.05) is 37.7 Å². The third kappa shape index (κ3) is 9.42. The number of nitriles is 1. The Balaban J connectivity index is 0.000000539. The average molecular weight is 455 g/mol. The Morgan fingerprint density at radius 2 is 1.90 bits per heavy atom. The van der Waals surface area contributed by atoms with Crippen LogP contribution in [0.15, 0.2) is 30.3 Å². The van der Waals surface area contributed by atoms with Crippen LogP contribution in [0.1, 0.15) is 42.3 Å². The van der Waals surface area contributed by atoms with E-state index in [9.17, 15) is 18.4 Å². The Morgan fingerprint density at radius 1 is 1.26 bits per heavy atom. The van der Waals surface area contributed by atoms with Crippen molar-refractivity contribution in [3.8, 4) is 6.07 Å². The second-order valence-electron chi connectivity index (χ2n) is 5.79. The number of benzene rings is 2. The lowest BCUT2D eigenvalue weighted by molar-refractivity contribution is -0.110. The van der Waals surface area contributed by atoms with Gasteiger partial charge in [-0.05, 0) is 49.7 Å². The Kier molecular flexibility index (Phi) is 13.2. The first-order chi connectivity index (χ1) is 14.7. The largest absolute Gasteiger partial charge is 0.392 e. The number of hydrazine groups is 1. The molecule has 0 heterocycles. The topological polar surface area (TPSA) is 114 Å². The molecule has 168 valence electrons. The van der Waals surface area contributed by atoms with Crippen LogP contribution < -0.4 is 16.2 Å². The van der Waals surface area contributed by atoms with E-state index in [1.54, 1.807) is 19.1 Å². The van der Waals surface area contributed by atoms with Gasteiger partial charge in [-0.2, -0.15) is 5.26 Å². The van der Waals surface area contributed by atoms with Crippen LogP contribution >= 0.6 is 11.6 Å². The second kappa shape index (κ2) is 14.7. The molecule has 0 aliphatic heterocycles. The molecule has 4 N–H and O–H groups in total. The monoisotopic (exact) mass is 454 g/mol. The molecule has 2 aromatic rings. The number of carbonyl (C=O) groups is 2. The molecular weight excluding hydrogens is 430 g/mol. The van der Waals surface area contributed by atoms with E-state index >= 15 is 0 Å². The van der Waals surface area contributed by atoms with Crippen molar-refractivity contribution in [3.63, 3.8) is 0 Å². The molecule has 0 aliphatic carbocycles. The first-order valence-electron chi connectivity index (χ1n) is 9.27. The van der Waals surface area contributed by atoms with Crippen LogP contribution in [0.4, 0.5) is 14.5 Å². The van der Waals surface area contributed by atoms with Gasteiger partial charge in [0.2, 0.25) is 6.41 Å². The summed E-state index contributed by atoms with van der Waals surface area (Å²) in [6, 6.07) is 8.13. The minimum Gasteiger partial charge on any atom is -0.392 e. The highest BCUT2D eigenvalue weighted by atomic mass is 35.5. The standard InChI is InChI=1S/C11H13ClN2O.C8H6F2N2O2.C2H6/c1-7(15)6-14-10-4-3-9(5-13)11(12)8(10)2;9-6-2-1-5(3-7(6)10)8(14)12-11-4-13;1-2/h3-4,7,14-15H,6H2,1-2H3;1-4H,(H,11,13)(H,12,14);1-2H3. The maximum atomic E-state index is 12.6. The smallest absolute Gasteiger partial charge is 0.269 e. The molecule has 1 atom stereocenters. The van der Waals surface area contributed by atoms with E-state index in [2.05, 4.69) is 5.32 Å². The number of halogens is 3. The summed E-state index contributed by atoms with van der Waals surface area (Å²) in [7, 11) is 0. The second-order valence-corrected chi connectivity index (χ2v) is 6.16. The summed E-state index contributed by atoms with van der Waals surface area (Å²) in [4.78, 5) is 20.8. The van der Waals surface area contributed by atoms with E-state index in [0.29, 0.717) is 17.1 Å². The van der Waals surface area contributed by atoms with Crippen LogP contribution in [0, 0.1) is 29.9 Å². The van der Waals surface area contributed by atoms with Crippen LogP contribution in [0.25, 0.3) is 0 Å². The van der Waals surface area contributed by atoms with Crippen molar-refractivity contribution in [2.45, 2.75) is 33.8 Å². The van der Waals surface area contributed by atoms with Gasteiger partial charge in [0.1, 0.15) is 6.07 Å². The van der Waals surface area contributed by atoms with E-state index in [0.717, 1.165) is 29.4 Å². The Labute approximate surface area is 185 Å². The lowest BCUT2D eigenvalue weighted by atomic mass is 10.1. The summed E-state index contributed by atoms with van der Waals surface area (Å²) >= 11 is 5.99. The molecule has 2 aromatic carbocycles. The molecule has 0 saturated carbocycles. The number of aliphatic hydroxyl groups is 1. The molecule has 7 nitrogen and oxygen atoms in total. The molecule has 0 aromatic heterocycles. The Morgan fingerprint density at radius 3 is 2.42 bits per heavy atom. The zero-order valence-corrected chi connectivity index (χ0v) is 18.3. The zero-order valence-electron chi connectivity index (χ0n) is 17.6. The number of hydrogen-bond donors (Lipinski definition) is 4. The third-order valence-electron chi connectivity index (χ3n) is 3.52. The summed E-state index contributed by atoms with van der Waals surface area (Å²) in [5, 5.41) is 21.4. The van der Waals surface area contributed by atoms with E-state index < -0.39 is 23.6 Å². The quantitative estimate of drug-likeness (QED) is 0.392. The predicted octanol–water partition coefficient (Wildman–Crippen LogP) is 3.69. The average Bonchev–Trinajstić information content (AvgIpc) is 2.76. The number of rotatable bonds is 6. The lowest BCUT2D eigenvalue weighted by Gasteiger charge is -2.12. The molecule has 0 saturated heterocycles. The maximum Gasteiger partial charge on any atom is 0.269 e. The van der Waals surface area contributed by atoms with E-state index in [4.69, 9.17) is 22.0 Å². The zero-order chi connectivity index (χ0) is 24.0. The number of hydrogen-bond acceptors (Lipinski definition) is 5. The molecule has 2 rings (SSSR count). The number of nitrogens with zero attached hydrogens (tertiary/aromatic N) is 1. The van der Waals surface area contributed by atoms with Gasteiger partial charge < -0.3 is 10.4 Å². The number of nitrogens with one attached hydrogen (secondary N) is 3. The predicted molar refractivity (Wildman–Crippen MR) is 115 cm³/mol. The first-order valence-corrected chi connectivity index (χ1v) is 9.64. The first kappa shape index (κ1) is 27.8. The molecule has 0 aliphatic rings. The molecule has 1 unspecified atom stereocenters. The minimum atomic E-state index is -1.12. The van der Waals surface area contributed by atoms with Gasteiger partial charge in [-0.15, -0.1) is 0 Å². The van der Waals surface area contributed by atoms with Crippen LogP contribution in [-0.2, 0) is 4.79 Å². The van der Waals surface area contributed by atoms with Gasteiger partial charge in [-0.25, -0.2) is 8.78 Å². The van der Waals surface area contributed by atoms with Crippen LogP contribution in [0.5, 0.6) is 0 Å². The van der Waals surface area contributed by atoms with Gasteiger partial charge in [0, 0.05) is 17.8 Å². The van der Waals surface area contributed by atoms with E-state index in [-0.39, 0.29) is 12.0 Å². The summed E-state index contributed by atoms with van der Waals surface area (Å²) in [6.07, 6.45) is -0.170. The molecule has 0 fully saturated rings. The van der Waals surface area contributed by atoms with Crippen LogP contribution in [0.2, 0.25) is 5.02 Å². The summed E-state index contributed by atoms with van der Waals surface area (Å²) in [5.74, 6) is -2.88. The van der Waals surface area contributed by atoms with Crippen molar-refractivity contribution < 1.29 is 23.5 Å². The highest BCUT2D eigenvalue weighted by Gasteiger charge is 2.09. The maximum absolute atomic E-state index is 12.6. The molecule has 10 heteroatoms. The molecule has 31 heavy (non-hydrogen) atoms. The van der Waals surface area contributed by atoms with Crippen molar-refractivity contribution in [1.82, 2.24) is 10.9 Å². The third-order valence-corrected chi connectivity index (χ3v) is 4.01. The number of amides is 2. The van der Waals surface area contributed by atoms with Gasteiger partial charge in [0.25, 0.3) is 5.91 Å². The van der Waals surface area contributed by atoms with Crippen molar-refractivity contribution in [2.24, 2.45) is 0 Å². The molecule has 0 spiro atoms. The normalized spacial score (nSPS) is 10.2. The summed E-state index contributed by atoms with van der Waals surface area (Å²) in [6.45, 7) is 8.00. The molecule has 2 amide bonds. The SMILES string of the molecule is CC.Cc1c(NCC(C)O)ccc(C#N)c1Cl.O=CNNC(=O)c1ccc(F)c(F)c1. The fourth-order valence-corrected chi connectivity index (χ4v) is 2.23. The Bertz CT molecular complexity index is 918. The van der Waals surface area contributed by atoms with Crippen molar-refractivity contribution in [3.05, 3.63) is 63.7 Å². The van der Waals surface area contributed by atoms with Gasteiger partial charge >= 0.3 is 0 Å². The minimum absolute atomic E-state index is 0.0850. The fourth-order valence-electron chi connectivity index (χ4n) is 2.03. The van der Waals surface area contributed by atoms with E-state index in [1.165, 1.54) is 0 Å². The summed E-state index contributed by atoms with van der Waals surface area (Å²) < 4.78 is 25.1. The van der Waals surface area contributed by atoms with Gasteiger partial charge in [-0.3, -0.25) is 20.4 Å². The molecular formula is C21H25ClF2N4O3. The van der Waals surface area contributed by atoms with Crippen molar-refractivity contribution in [2.75, 3.05) is 11.9 Å². The number of carbonyl (C=O) groups excluding carboxylic acids is 2. The Hall–Kier alpha value is -3.22. The molecule has 0 radical (unpaired) electrons. The van der Waals surface area contributed by atoms with Crippen LogP contribution in [-0.4, -0.2) is 30.1 Å². The van der Waals surface area contributed by atoms with Crippen molar-refractivity contribution >= 4 is 29.6 Å². The highest BCUT2D eigenvalue weighted by molar-refractivity contribution is 6.32. The van der Waals surface area contributed by atoms with Crippen molar-refractivity contribution in [1.29, 1.82) is 5.26 Å². The van der Waals surface area contributed by atoms with Gasteiger partial charge in [0.05, 0.1) is 16.7 Å². The van der Waals surface area contributed by atoms with Gasteiger partial charge in [-0.1, -0.05) is 25.4 Å². The van der Waals surface area contributed by atoms with Crippen LogP contribution in [0.3, 0.4) is 0 Å². The number of aliphatic hydroxyl groups excluding tert-OH is 1. The fraction of sp³-hybridized carbons (Fsp3) is 0.286. The van der Waals surface area contributed by atoms with Gasteiger partial charge in [0.15, 0.2) is 11.6 Å². The highest BCUT2D eigenvalue weighted by Crippen LogP contribution is 2.26. The summed E-state index contributed by atoms with van der Waals surface area (Å²) in [5.41, 5.74) is 5.89. The molecule has 0 bridgehead atoms.